The number of hydrogen-bond acceptors (Lipinski definition) is 6. The molecular weight excluding hydrogens is 473 g/mol. The highest BCUT2D eigenvalue weighted by Crippen LogP contribution is 2.26. The molecule has 8 nitrogen and oxygen atoms in total. The summed E-state index contributed by atoms with van der Waals surface area (Å²) in [7, 11) is 1.57. The van der Waals surface area contributed by atoms with Crippen LogP contribution in [0, 0.1) is 0 Å². The molecule has 0 radical (unpaired) electrons. The number of thioether (sulfide) groups is 1. The first-order valence-corrected chi connectivity index (χ1v) is 11.4. The van der Waals surface area contributed by atoms with Crippen LogP contribution in [0.4, 0.5) is 5.69 Å². The van der Waals surface area contributed by atoms with E-state index in [0.717, 1.165) is 0 Å². The summed E-state index contributed by atoms with van der Waals surface area (Å²) < 4.78 is 6.94. The average Bonchev–Trinajstić information content (AvgIpc) is 3.20. The summed E-state index contributed by atoms with van der Waals surface area (Å²) in [6.45, 7) is 2.73. The van der Waals surface area contributed by atoms with Crippen molar-refractivity contribution in [1.29, 1.82) is 0 Å². The monoisotopic (exact) mass is 493 g/mol. The zero-order valence-corrected chi connectivity index (χ0v) is 19.7. The van der Waals surface area contributed by atoms with Gasteiger partial charge < -0.3 is 19.9 Å². The molecule has 2 aromatic carbocycles. The van der Waals surface area contributed by atoms with Crippen LogP contribution in [0.5, 0.6) is 5.75 Å². The number of carbonyl (C=O) groups is 2. The molecule has 11 heteroatoms. The Morgan fingerprint density at radius 1 is 1.12 bits per heavy atom. The van der Waals surface area contributed by atoms with Crippen LogP contribution >= 0.6 is 35.0 Å². The standard InChI is InChI=1S/C21H21Cl2N5O3S/c1-3-28-18(11-24-20(30)13-4-7-15(31-2)8-5-13)26-27-21(28)32-12-19(29)25-17-10-14(22)6-9-16(17)23/h4-10H,3,11-12H2,1-2H3,(H,24,30)(H,25,29). The van der Waals surface area contributed by atoms with Gasteiger partial charge in [-0.2, -0.15) is 0 Å². The smallest absolute Gasteiger partial charge is 0.251 e. The summed E-state index contributed by atoms with van der Waals surface area (Å²) in [5.74, 6) is 0.898. The largest absolute Gasteiger partial charge is 0.497 e. The first-order valence-electron chi connectivity index (χ1n) is 9.63. The van der Waals surface area contributed by atoms with Gasteiger partial charge in [-0.05, 0) is 49.4 Å². The van der Waals surface area contributed by atoms with Gasteiger partial charge >= 0.3 is 0 Å². The number of hydrogen-bond donors (Lipinski definition) is 2. The minimum Gasteiger partial charge on any atom is -0.497 e. The highest BCUT2D eigenvalue weighted by atomic mass is 35.5. The number of amides is 2. The Labute approximate surface area is 199 Å². The predicted octanol–water partition coefficient (Wildman–Crippen LogP) is 4.27. The van der Waals surface area contributed by atoms with Crippen molar-refractivity contribution in [2.45, 2.75) is 25.2 Å². The number of anilines is 1. The van der Waals surface area contributed by atoms with Crippen LogP contribution in [0.25, 0.3) is 0 Å². The van der Waals surface area contributed by atoms with Crippen LogP contribution in [0.1, 0.15) is 23.1 Å². The first kappa shape index (κ1) is 23.9. The number of ether oxygens (including phenoxy) is 1. The minimum atomic E-state index is -0.251. The molecule has 0 unspecified atom stereocenters. The Kier molecular flexibility index (Phi) is 8.38. The van der Waals surface area contributed by atoms with Gasteiger partial charge in [0.15, 0.2) is 11.0 Å². The van der Waals surface area contributed by atoms with Crippen LogP contribution in [0.3, 0.4) is 0 Å². The molecule has 2 amide bonds. The van der Waals surface area contributed by atoms with Gasteiger partial charge in [0, 0.05) is 17.1 Å². The Morgan fingerprint density at radius 2 is 1.88 bits per heavy atom. The van der Waals surface area contributed by atoms with Crippen molar-refractivity contribution in [1.82, 2.24) is 20.1 Å². The van der Waals surface area contributed by atoms with Crippen molar-refractivity contribution in [3.8, 4) is 5.75 Å². The van der Waals surface area contributed by atoms with Crippen LogP contribution in [-0.4, -0.2) is 39.4 Å². The molecule has 0 spiro atoms. The molecule has 168 valence electrons. The van der Waals surface area contributed by atoms with Gasteiger partial charge in [0.2, 0.25) is 5.91 Å². The van der Waals surface area contributed by atoms with E-state index in [9.17, 15) is 9.59 Å². The van der Waals surface area contributed by atoms with E-state index < -0.39 is 0 Å². The molecule has 0 saturated carbocycles. The molecule has 0 aliphatic heterocycles. The number of methoxy groups -OCH3 is 1. The number of nitrogens with zero attached hydrogens (tertiary/aromatic N) is 3. The fraction of sp³-hybridized carbons (Fsp3) is 0.238. The maximum Gasteiger partial charge on any atom is 0.251 e. The van der Waals surface area contributed by atoms with Crippen molar-refractivity contribution in [2.24, 2.45) is 0 Å². The van der Waals surface area contributed by atoms with Crippen LogP contribution in [-0.2, 0) is 17.9 Å². The molecular formula is C21H21Cl2N5O3S. The minimum absolute atomic E-state index is 0.110. The first-order chi connectivity index (χ1) is 15.4. The molecule has 32 heavy (non-hydrogen) atoms. The Hall–Kier alpha value is -2.75. The molecule has 0 atom stereocenters. The van der Waals surface area contributed by atoms with Crippen molar-refractivity contribution >= 4 is 52.5 Å². The summed E-state index contributed by atoms with van der Waals surface area (Å²) in [4.78, 5) is 24.7. The average molecular weight is 494 g/mol. The number of nitrogens with one attached hydrogen (secondary N) is 2. The normalized spacial score (nSPS) is 10.6. The predicted molar refractivity (Wildman–Crippen MR) is 126 cm³/mol. The lowest BCUT2D eigenvalue weighted by Crippen LogP contribution is -2.24. The van der Waals surface area contributed by atoms with Crippen LogP contribution in [0.15, 0.2) is 47.6 Å². The van der Waals surface area contributed by atoms with Crippen molar-refractivity contribution in [3.63, 3.8) is 0 Å². The summed E-state index contributed by atoms with van der Waals surface area (Å²) in [5.41, 5.74) is 0.961. The maximum absolute atomic E-state index is 12.4. The van der Waals surface area contributed by atoms with Gasteiger partial charge in [-0.25, -0.2) is 0 Å². The van der Waals surface area contributed by atoms with Gasteiger partial charge in [0.05, 0.1) is 30.1 Å². The third kappa shape index (κ3) is 6.15. The summed E-state index contributed by atoms with van der Waals surface area (Å²) in [6, 6.07) is 11.7. The lowest BCUT2D eigenvalue weighted by Gasteiger charge is -2.10. The zero-order valence-electron chi connectivity index (χ0n) is 17.4. The summed E-state index contributed by atoms with van der Waals surface area (Å²) >= 11 is 13.3. The van der Waals surface area contributed by atoms with E-state index in [-0.39, 0.29) is 24.1 Å². The van der Waals surface area contributed by atoms with Crippen molar-refractivity contribution in [3.05, 3.63) is 63.9 Å². The lowest BCUT2D eigenvalue weighted by atomic mass is 10.2. The summed E-state index contributed by atoms with van der Waals surface area (Å²) in [5, 5.41) is 15.3. The molecule has 0 saturated heterocycles. The van der Waals surface area contributed by atoms with Gasteiger partial charge in [-0.1, -0.05) is 35.0 Å². The molecule has 3 aromatic rings. The lowest BCUT2D eigenvalue weighted by molar-refractivity contribution is -0.113. The molecule has 3 rings (SSSR count). The quantitative estimate of drug-likeness (QED) is 0.431. The van der Waals surface area contributed by atoms with E-state index >= 15 is 0 Å². The SMILES string of the molecule is CCn1c(CNC(=O)c2ccc(OC)cc2)nnc1SCC(=O)Nc1cc(Cl)ccc1Cl. The topological polar surface area (TPSA) is 98.1 Å². The van der Waals surface area contributed by atoms with E-state index in [0.29, 0.717) is 44.6 Å². The highest BCUT2D eigenvalue weighted by molar-refractivity contribution is 7.99. The maximum atomic E-state index is 12.4. The number of carbonyl (C=O) groups excluding carboxylic acids is 2. The molecule has 2 N–H and O–H groups in total. The molecule has 0 fully saturated rings. The highest BCUT2D eigenvalue weighted by Gasteiger charge is 2.15. The molecule has 0 aliphatic carbocycles. The second-order valence-corrected chi connectivity index (χ2v) is 8.30. The molecule has 0 aliphatic rings. The van der Waals surface area contributed by atoms with E-state index in [2.05, 4.69) is 20.8 Å². The second kappa shape index (κ2) is 11.2. The summed E-state index contributed by atoms with van der Waals surface area (Å²) in [6.07, 6.45) is 0. The molecule has 1 heterocycles. The number of halogens is 2. The Bertz CT molecular complexity index is 1110. The second-order valence-electron chi connectivity index (χ2n) is 6.52. The van der Waals surface area contributed by atoms with Crippen molar-refractivity contribution < 1.29 is 14.3 Å². The molecule has 1 aromatic heterocycles. The number of aromatic nitrogens is 3. The fourth-order valence-corrected chi connectivity index (χ4v) is 3.95. The van der Waals surface area contributed by atoms with Crippen LogP contribution in [0.2, 0.25) is 10.0 Å². The third-order valence-electron chi connectivity index (χ3n) is 4.40. The number of benzene rings is 2. The van der Waals surface area contributed by atoms with Gasteiger partial charge in [0.25, 0.3) is 5.91 Å². The molecule has 0 bridgehead atoms. The third-order valence-corrected chi connectivity index (χ3v) is 5.94. The van der Waals surface area contributed by atoms with Gasteiger partial charge in [-0.15, -0.1) is 10.2 Å². The van der Waals surface area contributed by atoms with E-state index in [4.69, 9.17) is 27.9 Å². The Balaban J connectivity index is 1.57. The Morgan fingerprint density at radius 3 is 2.56 bits per heavy atom. The van der Waals surface area contributed by atoms with E-state index in [1.165, 1.54) is 11.8 Å². The van der Waals surface area contributed by atoms with E-state index in [1.807, 2.05) is 11.5 Å². The van der Waals surface area contributed by atoms with Crippen molar-refractivity contribution in [2.75, 3.05) is 18.2 Å². The van der Waals surface area contributed by atoms with Gasteiger partial charge in [0.1, 0.15) is 5.75 Å². The number of rotatable bonds is 9. The van der Waals surface area contributed by atoms with Gasteiger partial charge in [-0.3, -0.25) is 9.59 Å². The van der Waals surface area contributed by atoms with Crippen LogP contribution < -0.4 is 15.4 Å². The fourth-order valence-electron chi connectivity index (χ4n) is 2.79. The zero-order chi connectivity index (χ0) is 23.1. The van der Waals surface area contributed by atoms with E-state index in [1.54, 1.807) is 49.6 Å².